The van der Waals surface area contributed by atoms with Crippen molar-refractivity contribution in [2.75, 3.05) is 0 Å². The second kappa shape index (κ2) is 3.14. The van der Waals surface area contributed by atoms with Crippen molar-refractivity contribution in [2.24, 2.45) is 9.98 Å². The van der Waals surface area contributed by atoms with Gasteiger partial charge in [-0.1, -0.05) is 17.4 Å². The number of hydrogen-bond acceptors (Lipinski definition) is 3. The standard InChI is InChI=1S/C8H10N2O/c1-3-6(2)7(11)8-9-4-5-10-8/h3-5,11H,1-2H3/p-1/b6-3-. The third-order valence-electron chi connectivity index (χ3n) is 1.45. The molecule has 0 radical (unpaired) electrons. The number of rotatable bonds is 1. The smallest absolute Gasteiger partial charge is 0.144 e. The molecule has 0 aliphatic carbocycles. The molecule has 0 fully saturated rings. The summed E-state index contributed by atoms with van der Waals surface area (Å²) in [4.78, 5) is 7.57. The van der Waals surface area contributed by atoms with Gasteiger partial charge in [0.1, 0.15) is 5.82 Å². The SMILES string of the molecule is C/C=C(/C)C([O-])=C1N=CC=N1. The van der Waals surface area contributed by atoms with Gasteiger partial charge in [-0.25, -0.2) is 9.98 Å². The van der Waals surface area contributed by atoms with Gasteiger partial charge in [-0.15, -0.1) is 0 Å². The van der Waals surface area contributed by atoms with Crippen LogP contribution in [-0.2, 0) is 0 Å². The van der Waals surface area contributed by atoms with Gasteiger partial charge in [0.25, 0.3) is 0 Å². The van der Waals surface area contributed by atoms with Crippen LogP contribution in [0.25, 0.3) is 0 Å². The molecule has 1 heterocycles. The molecule has 0 N–H and O–H groups in total. The van der Waals surface area contributed by atoms with E-state index in [4.69, 9.17) is 0 Å². The van der Waals surface area contributed by atoms with E-state index < -0.39 is 0 Å². The molecule has 0 unspecified atom stereocenters. The van der Waals surface area contributed by atoms with Crippen LogP contribution in [0.1, 0.15) is 13.8 Å². The van der Waals surface area contributed by atoms with Crippen molar-refractivity contribution < 1.29 is 5.11 Å². The van der Waals surface area contributed by atoms with E-state index in [1.54, 1.807) is 13.0 Å². The lowest BCUT2D eigenvalue weighted by Crippen LogP contribution is -2.06. The zero-order valence-corrected chi connectivity index (χ0v) is 6.53. The monoisotopic (exact) mass is 149 g/mol. The summed E-state index contributed by atoms with van der Waals surface area (Å²) >= 11 is 0. The maximum absolute atomic E-state index is 11.2. The number of hydrogen-bond donors (Lipinski definition) is 0. The second-order valence-electron chi connectivity index (χ2n) is 2.18. The summed E-state index contributed by atoms with van der Waals surface area (Å²) in [5.41, 5.74) is 0.677. The Balaban J connectivity index is 2.97. The first-order chi connectivity index (χ1) is 5.25. The largest absolute Gasteiger partial charge is 0.870 e. The topological polar surface area (TPSA) is 47.8 Å². The maximum atomic E-state index is 11.2. The highest BCUT2D eigenvalue weighted by Crippen LogP contribution is 2.11. The van der Waals surface area contributed by atoms with Gasteiger partial charge < -0.3 is 5.11 Å². The molecule has 3 nitrogen and oxygen atoms in total. The molecule has 0 saturated heterocycles. The van der Waals surface area contributed by atoms with Crippen LogP contribution in [0.15, 0.2) is 33.2 Å². The van der Waals surface area contributed by atoms with Crippen molar-refractivity contribution in [2.45, 2.75) is 13.8 Å². The molecule has 0 aromatic rings. The van der Waals surface area contributed by atoms with Crippen LogP contribution in [0.2, 0.25) is 0 Å². The Labute approximate surface area is 65.5 Å². The molecule has 0 bridgehead atoms. The molecular formula is C8H9N2O-. The van der Waals surface area contributed by atoms with E-state index in [1.165, 1.54) is 12.4 Å². The lowest BCUT2D eigenvalue weighted by Gasteiger charge is -2.12. The Hall–Kier alpha value is -1.38. The molecule has 0 atom stereocenters. The maximum Gasteiger partial charge on any atom is 0.144 e. The zero-order valence-electron chi connectivity index (χ0n) is 6.53. The average Bonchev–Trinajstić information content (AvgIpc) is 2.53. The van der Waals surface area contributed by atoms with Crippen molar-refractivity contribution in [3.05, 3.63) is 23.2 Å². The van der Waals surface area contributed by atoms with E-state index in [-0.39, 0.29) is 11.6 Å². The summed E-state index contributed by atoms with van der Waals surface area (Å²) in [6, 6.07) is 0. The van der Waals surface area contributed by atoms with E-state index >= 15 is 0 Å². The molecule has 3 heteroatoms. The quantitative estimate of drug-likeness (QED) is 0.504. The van der Waals surface area contributed by atoms with Gasteiger partial charge in [-0.2, -0.15) is 0 Å². The lowest BCUT2D eigenvalue weighted by atomic mass is 10.2. The summed E-state index contributed by atoms with van der Waals surface area (Å²) in [7, 11) is 0. The summed E-state index contributed by atoms with van der Waals surface area (Å²) in [5.74, 6) is 0.179. The van der Waals surface area contributed by atoms with E-state index in [0.29, 0.717) is 5.57 Å². The fourth-order valence-corrected chi connectivity index (χ4v) is 0.666. The van der Waals surface area contributed by atoms with Crippen LogP contribution in [0.5, 0.6) is 0 Å². The van der Waals surface area contributed by atoms with Crippen molar-refractivity contribution in [3.63, 3.8) is 0 Å². The summed E-state index contributed by atoms with van der Waals surface area (Å²) < 4.78 is 0. The molecule has 0 amide bonds. The van der Waals surface area contributed by atoms with E-state index in [0.717, 1.165) is 0 Å². The highest BCUT2D eigenvalue weighted by Gasteiger charge is 1.97. The fraction of sp³-hybridized carbons (Fsp3) is 0.250. The molecule has 1 rings (SSSR count). The lowest BCUT2D eigenvalue weighted by molar-refractivity contribution is -0.299. The summed E-state index contributed by atoms with van der Waals surface area (Å²) in [6.45, 7) is 3.56. The Morgan fingerprint density at radius 1 is 1.45 bits per heavy atom. The Kier molecular flexibility index (Phi) is 2.21. The second-order valence-corrected chi connectivity index (χ2v) is 2.18. The van der Waals surface area contributed by atoms with Crippen LogP contribution in [0.4, 0.5) is 0 Å². The van der Waals surface area contributed by atoms with E-state index in [2.05, 4.69) is 9.98 Å². The normalized spacial score (nSPS) is 16.2. The number of aliphatic imine (C=N–C) groups is 2. The zero-order chi connectivity index (χ0) is 8.27. The van der Waals surface area contributed by atoms with Crippen LogP contribution in [-0.4, -0.2) is 12.4 Å². The summed E-state index contributed by atoms with van der Waals surface area (Å²) in [6.07, 6.45) is 4.77. The van der Waals surface area contributed by atoms with Crippen molar-refractivity contribution in [3.8, 4) is 0 Å². The van der Waals surface area contributed by atoms with Gasteiger partial charge in [-0.05, 0) is 13.8 Å². The third kappa shape index (κ3) is 1.55. The van der Waals surface area contributed by atoms with E-state index in [1.807, 2.05) is 6.92 Å². The average molecular weight is 149 g/mol. The molecular weight excluding hydrogens is 140 g/mol. The van der Waals surface area contributed by atoms with Gasteiger partial charge in [-0.3, -0.25) is 0 Å². The van der Waals surface area contributed by atoms with Crippen molar-refractivity contribution in [1.82, 2.24) is 0 Å². The van der Waals surface area contributed by atoms with Crippen LogP contribution in [0, 0.1) is 0 Å². The highest BCUT2D eigenvalue weighted by atomic mass is 16.3. The molecule has 0 saturated carbocycles. The van der Waals surface area contributed by atoms with Gasteiger partial charge in [0.15, 0.2) is 0 Å². The van der Waals surface area contributed by atoms with Crippen molar-refractivity contribution >= 4 is 12.4 Å². The number of allylic oxidation sites excluding steroid dienone is 2. The third-order valence-corrected chi connectivity index (χ3v) is 1.45. The molecule has 0 spiro atoms. The summed E-state index contributed by atoms with van der Waals surface area (Å²) in [5, 5.41) is 11.2. The van der Waals surface area contributed by atoms with Crippen molar-refractivity contribution in [1.29, 1.82) is 0 Å². The molecule has 0 aromatic carbocycles. The highest BCUT2D eigenvalue weighted by molar-refractivity contribution is 6.18. The van der Waals surface area contributed by atoms with Gasteiger partial charge in [0.05, 0.1) is 0 Å². The molecule has 11 heavy (non-hydrogen) atoms. The number of nitrogens with zero attached hydrogens (tertiary/aromatic N) is 2. The van der Waals surface area contributed by atoms with Crippen LogP contribution >= 0.6 is 0 Å². The van der Waals surface area contributed by atoms with Gasteiger partial charge in [0.2, 0.25) is 0 Å². The van der Waals surface area contributed by atoms with Gasteiger partial charge in [0, 0.05) is 12.4 Å². The minimum absolute atomic E-state index is 0.0995. The molecule has 1 aliphatic rings. The Bertz CT molecular complexity index is 258. The first-order valence-corrected chi connectivity index (χ1v) is 3.37. The fourth-order valence-electron chi connectivity index (χ4n) is 0.666. The molecule has 58 valence electrons. The predicted molar refractivity (Wildman–Crippen MR) is 43.4 cm³/mol. The molecule has 1 aliphatic heterocycles. The minimum atomic E-state index is -0.0995. The predicted octanol–water partition coefficient (Wildman–Crippen LogP) is 0.637. The van der Waals surface area contributed by atoms with E-state index in [9.17, 15) is 5.11 Å². The Morgan fingerprint density at radius 2 is 2.00 bits per heavy atom. The first kappa shape index (κ1) is 7.72. The first-order valence-electron chi connectivity index (χ1n) is 3.37. The molecule has 0 aromatic heterocycles. The minimum Gasteiger partial charge on any atom is -0.870 e. The van der Waals surface area contributed by atoms with Crippen LogP contribution in [0.3, 0.4) is 0 Å². The van der Waals surface area contributed by atoms with Crippen LogP contribution < -0.4 is 5.11 Å². The van der Waals surface area contributed by atoms with Gasteiger partial charge >= 0.3 is 0 Å². The Morgan fingerprint density at radius 3 is 2.45 bits per heavy atom.